The molecule has 0 radical (unpaired) electrons. The average molecular weight is 342 g/mol. The molecule has 0 aliphatic carbocycles. The summed E-state index contributed by atoms with van der Waals surface area (Å²) in [7, 11) is 0. The second-order valence-corrected chi connectivity index (χ2v) is 6.52. The van der Waals surface area contributed by atoms with Crippen molar-refractivity contribution in [2.75, 3.05) is 29.9 Å². The lowest BCUT2D eigenvalue weighted by atomic mass is 10.1. The highest BCUT2D eigenvalue weighted by molar-refractivity contribution is 7.80. The van der Waals surface area contributed by atoms with E-state index in [1.807, 2.05) is 0 Å². The largest absolute Gasteiger partial charge is 0.370 e. The van der Waals surface area contributed by atoms with Crippen molar-refractivity contribution in [2.24, 2.45) is 0 Å². The van der Waals surface area contributed by atoms with Gasteiger partial charge in [-0.1, -0.05) is 29.8 Å². The van der Waals surface area contributed by atoms with Gasteiger partial charge in [0, 0.05) is 31.0 Å². The summed E-state index contributed by atoms with van der Waals surface area (Å²) in [6.07, 6.45) is 0. The molecule has 0 fully saturated rings. The summed E-state index contributed by atoms with van der Waals surface area (Å²) in [5, 5.41) is 7.26. The van der Waals surface area contributed by atoms with Crippen LogP contribution in [0.2, 0.25) is 0 Å². The molecule has 0 bridgehead atoms. The van der Waals surface area contributed by atoms with Crippen LogP contribution < -0.4 is 15.5 Å². The summed E-state index contributed by atoms with van der Waals surface area (Å²) < 4.78 is 0. The number of aryl methyl sites for hydroxylation is 3. The van der Waals surface area contributed by atoms with E-state index in [1.165, 1.54) is 22.4 Å². The molecule has 0 spiro atoms. The summed E-state index contributed by atoms with van der Waals surface area (Å²) in [5.41, 5.74) is 6.02. The van der Waals surface area contributed by atoms with Gasteiger partial charge >= 0.3 is 0 Å². The molecule has 0 saturated carbocycles. The van der Waals surface area contributed by atoms with E-state index in [0.717, 1.165) is 25.3 Å². The van der Waals surface area contributed by atoms with E-state index in [1.54, 1.807) is 0 Å². The smallest absolute Gasteiger partial charge is 0.170 e. The van der Waals surface area contributed by atoms with Crippen molar-refractivity contribution in [2.45, 2.75) is 27.7 Å². The first kappa shape index (κ1) is 18.3. The predicted molar refractivity (Wildman–Crippen MR) is 109 cm³/mol. The van der Waals surface area contributed by atoms with Gasteiger partial charge in [0.1, 0.15) is 0 Å². The van der Waals surface area contributed by atoms with Crippen LogP contribution in [0, 0.1) is 20.8 Å². The van der Waals surface area contributed by atoms with Crippen molar-refractivity contribution >= 4 is 28.7 Å². The van der Waals surface area contributed by atoms with Crippen molar-refractivity contribution in [1.29, 1.82) is 0 Å². The maximum absolute atomic E-state index is 5.42. The number of anilines is 2. The summed E-state index contributed by atoms with van der Waals surface area (Å²) in [6, 6.07) is 15.0. The van der Waals surface area contributed by atoms with Gasteiger partial charge in [0.25, 0.3) is 0 Å². The molecular formula is C20H27N3S. The Morgan fingerprint density at radius 3 is 2.33 bits per heavy atom. The number of rotatable bonds is 6. The van der Waals surface area contributed by atoms with Gasteiger partial charge < -0.3 is 15.5 Å². The molecule has 0 aliphatic rings. The summed E-state index contributed by atoms with van der Waals surface area (Å²) in [5.74, 6) is 0. The monoisotopic (exact) mass is 341 g/mol. The zero-order valence-electron chi connectivity index (χ0n) is 15.0. The van der Waals surface area contributed by atoms with Crippen LogP contribution in [-0.2, 0) is 0 Å². The minimum Gasteiger partial charge on any atom is -0.370 e. The second-order valence-electron chi connectivity index (χ2n) is 6.11. The Morgan fingerprint density at radius 1 is 1.00 bits per heavy atom. The molecule has 0 heterocycles. The molecule has 0 aliphatic heterocycles. The van der Waals surface area contributed by atoms with Crippen LogP contribution in [0.1, 0.15) is 23.6 Å². The highest BCUT2D eigenvalue weighted by atomic mass is 32.1. The maximum Gasteiger partial charge on any atom is 0.170 e. The molecule has 2 aromatic carbocycles. The van der Waals surface area contributed by atoms with Crippen molar-refractivity contribution < 1.29 is 0 Å². The van der Waals surface area contributed by atoms with Crippen molar-refractivity contribution in [3.63, 3.8) is 0 Å². The van der Waals surface area contributed by atoms with Gasteiger partial charge in [0.15, 0.2) is 5.11 Å². The highest BCUT2D eigenvalue weighted by Crippen LogP contribution is 2.16. The third-order valence-corrected chi connectivity index (χ3v) is 4.34. The first-order valence-corrected chi connectivity index (χ1v) is 8.84. The Kier molecular flexibility index (Phi) is 6.62. The minimum absolute atomic E-state index is 0.670. The van der Waals surface area contributed by atoms with Gasteiger partial charge in [-0.05, 0) is 69.2 Å². The zero-order chi connectivity index (χ0) is 17.5. The summed E-state index contributed by atoms with van der Waals surface area (Å²) in [4.78, 5) is 2.34. The van der Waals surface area contributed by atoms with Crippen LogP contribution in [0.25, 0.3) is 0 Å². The molecule has 0 atom stereocenters. The third-order valence-electron chi connectivity index (χ3n) is 4.09. The number of thiocarbonyl (C=S) groups is 1. The van der Waals surface area contributed by atoms with Gasteiger partial charge in [-0.25, -0.2) is 0 Å². The number of nitrogens with zero attached hydrogens (tertiary/aromatic N) is 1. The standard InChI is InChI=1S/C20H27N3S/c1-5-23(18-10-7-15(2)8-11-18)13-12-21-20(24)22-19-14-16(3)6-9-17(19)4/h6-11,14H,5,12-13H2,1-4H3,(H2,21,22,24). The Morgan fingerprint density at radius 2 is 1.67 bits per heavy atom. The molecule has 3 nitrogen and oxygen atoms in total. The van der Waals surface area contributed by atoms with Crippen LogP contribution >= 0.6 is 12.2 Å². The van der Waals surface area contributed by atoms with E-state index in [2.05, 4.69) is 85.7 Å². The second kappa shape index (κ2) is 8.69. The molecule has 128 valence electrons. The normalized spacial score (nSPS) is 10.3. The molecule has 2 N–H and O–H groups in total. The van der Waals surface area contributed by atoms with Gasteiger partial charge in [-0.15, -0.1) is 0 Å². The topological polar surface area (TPSA) is 27.3 Å². The molecule has 0 unspecified atom stereocenters. The van der Waals surface area contributed by atoms with E-state index in [9.17, 15) is 0 Å². The number of hydrogen-bond acceptors (Lipinski definition) is 2. The average Bonchev–Trinajstić information content (AvgIpc) is 2.56. The van der Waals surface area contributed by atoms with Crippen LogP contribution in [0.3, 0.4) is 0 Å². The quantitative estimate of drug-likeness (QED) is 0.760. The Hall–Kier alpha value is -2.07. The fourth-order valence-corrected chi connectivity index (χ4v) is 2.78. The van der Waals surface area contributed by atoms with E-state index < -0.39 is 0 Å². The molecule has 2 aromatic rings. The number of nitrogens with one attached hydrogen (secondary N) is 2. The van der Waals surface area contributed by atoms with Gasteiger partial charge in [0.05, 0.1) is 0 Å². The van der Waals surface area contributed by atoms with E-state index in [4.69, 9.17) is 12.2 Å². The zero-order valence-corrected chi connectivity index (χ0v) is 15.8. The Bertz CT molecular complexity index is 680. The van der Waals surface area contributed by atoms with Gasteiger partial charge in [-0.2, -0.15) is 0 Å². The molecule has 0 amide bonds. The van der Waals surface area contributed by atoms with Crippen LogP contribution in [0.15, 0.2) is 42.5 Å². The highest BCUT2D eigenvalue weighted by Gasteiger charge is 2.05. The molecule has 24 heavy (non-hydrogen) atoms. The predicted octanol–water partition coefficient (Wildman–Crippen LogP) is 4.42. The van der Waals surface area contributed by atoms with Crippen molar-refractivity contribution in [3.05, 3.63) is 59.2 Å². The fraction of sp³-hybridized carbons (Fsp3) is 0.350. The third kappa shape index (κ3) is 5.24. The van der Waals surface area contributed by atoms with E-state index >= 15 is 0 Å². The number of likely N-dealkylation sites (N-methyl/N-ethyl adjacent to an activating group) is 1. The Balaban J connectivity index is 1.85. The van der Waals surface area contributed by atoms with Crippen LogP contribution in [-0.4, -0.2) is 24.7 Å². The lowest BCUT2D eigenvalue weighted by Crippen LogP contribution is -2.37. The van der Waals surface area contributed by atoms with Crippen LogP contribution in [0.5, 0.6) is 0 Å². The molecule has 0 saturated heterocycles. The van der Waals surface area contributed by atoms with Crippen molar-refractivity contribution in [3.8, 4) is 0 Å². The van der Waals surface area contributed by atoms with Crippen molar-refractivity contribution in [1.82, 2.24) is 5.32 Å². The van der Waals surface area contributed by atoms with E-state index in [0.29, 0.717) is 5.11 Å². The molecule has 2 rings (SSSR count). The summed E-state index contributed by atoms with van der Waals surface area (Å²) >= 11 is 5.42. The number of benzene rings is 2. The van der Waals surface area contributed by atoms with Crippen LogP contribution in [0.4, 0.5) is 11.4 Å². The lowest BCUT2D eigenvalue weighted by Gasteiger charge is -2.24. The summed E-state index contributed by atoms with van der Waals surface area (Å²) in [6.45, 7) is 11.1. The fourth-order valence-electron chi connectivity index (χ4n) is 2.57. The number of hydrogen-bond donors (Lipinski definition) is 2. The minimum atomic E-state index is 0.670. The van der Waals surface area contributed by atoms with Gasteiger partial charge in [0.2, 0.25) is 0 Å². The first-order valence-electron chi connectivity index (χ1n) is 8.43. The Labute approximate surface area is 151 Å². The molecular weight excluding hydrogens is 314 g/mol. The van der Waals surface area contributed by atoms with E-state index in [-0.39, 0.29) is 0 Å². The molecule has 0 aromatic heterocycles. The lowest BCUT2D eigenvalue weighted by molar-refractivity contribution is 0.779. The maximum atomic E-state index is 5.42. The SMILES string of the molecule is CCN(CCNC(=S)Nc1cc(C)ccc1C)c1ccc(C)cc1. The van der Waals surface area contributed by atoms with Gasteiger partial charge in [-0.3, -0.25) is 0 Å². The molecule has 4 heteroatoms. The first-order chi connectivity index (χ1) is 11.5.